The molecule has 3 heterocycles. The Morgan fingerprint density at radius 2 is 2.29 bits per heavy atom. The molecule has 6 nitrogen and oxygen atoms in total. The molecule has 112 valence electrons. The summed E-state index contributed by atoms with van der Waals surface area (Å²) in [6, 6.07) is 4.06. The van der Waals surface area contributed by atoms with Crippen LogP contribution in [0, 0.1) is 0 Å². The van der Waals surface area contributed by atoms with Crippen LogP contribution in [-0.4, -0.2) is 44.6 Å². The topological polar surface area (TPSA) is 63.1 Å². The molecule has 1 unspecified atom stereocenters. The van der Waals surface area contributed by atoms with Crippen LogP contribution in [0.1, 0.15) is 32.0 Å². The fourth-order valence-electron chi connectivity index (χ4n) is 2.90. The van der Waals surface area contributed by atoms with Crippen LogP contribution in [0.3, 0.4) is 0 Å². The van der Waals surface area contributed by atoms with Gasteiger partial charge in [0.25, 0.3) is 0 Å². The predicted molar refractivity (Wildman–Crippen MR) is 81.1 cm³/mol. The van der Waals surface area contributed by atoms with E-state index in [9.17, 15) is 4.79 Å². The highest BCUT2D eigenvalue weighted by Gasteiger charge is 2.30. The summed E-state index contributed by atoms with van der Waals surface area (Å²) in [4.78, 5) is 23.0. The van der Waals surface area contributed by atoms with Gasteiger partial charge in [-0.25, -0.2) is 14.8 Å². The minimum Gasteiger partial charge on any atom is -0.336 e. The number of likely N-dealkylation sites (tertiary alicyclic amines) is 1. The summed E-state index contributed by atoms with van der Waals surface area (Å²) in [5, 5.41) is 2.95. The zero-order chi connectivity index (χ0) is 15.0. The van der Waals surface area contributed by atoms with Crippen molar-refractivity contribution in [2.45, 2.75) is 32.2 Å². The zero-order valence-corrected chi connectivity index (χ0v) is 12.7. The number of hydrogen-bond acceptors (Lipinski definition) is 3. The number of nitrogens with one attached hydrogen (secondary N) is 1. The molecule has 1 saturated heterocycles. The van der Waals surface area contributed by atoms with Crippen molar-refractivity contribution in [2.24, 2.45) is 7.05 Å². The van der Waals surface area contributed by atoms with Crippen LogP contribution in [0.4, 0.5) is 4.79 Å². The van der Waals surface area contributed by atoms with E-state index < -0.39 is 0 Å². The first-order valence-corrected chi connectivity index (χ1v) is 7.39. The van der Waals surface area contributed by atoms with Crippen LogP contribution in [0.25, 0.3) is 11.2 Å². The van der Waals surface area contributed by atoms with E-state index in [-0.39, 0.29) is 18.0 Å². The number of hydrogen-bond donors (Lipinski definition) is 1. The molecule has 21 heavy (non-hydrogen) atoms. The monoisotopic (exact) mass is 287 g/mol. The molecule has 3 rings (SSSR count). The first-order chi connectivity index (χ1) is 10.1. The molecule has 0 aliphatic carbocycles. The molecule has 2 aromatic heterocycles. The van der Waals surface area contributed by atoms with Crippen molar-refractivity contribution in [1.29, 1.82) is 0 Å². The van der Waals surface area contributed by atoms with E-state index in [4.69, 9.17) is 4.98 Å². The van der Waals surface area contributed by atoms with E-state index in [1.54, 1.807) is 6.20 Å². The Morgan fingerprint density at radius 1 is 1.48 bits per heavy atom. The number of aryl methyl sites for hydroxylation is 1. The van der Waals surface area contributed by atoms with Gasteiger partial charge in [0.15, 0.2) is 5.65 Å². The molecule has 0 bridgehead atoms. The number of pyridine rings is 1. The third-order valence-corrected chi connectivity index (χ3v) is 3.92. The van der Waals surface area contributed by atoms with Gasteiger partial charge in [0.05, 0.1) is 0 Å². The van der Waals surface area contributed by atoms with E-state index in [0.29, 0.717) is 0 Å². The average Bonchev–Trinajstić information content (AvgIpc) is 3.04. The lowest BCUT2D eigenvalue weighted by atomic mass is 10.1. The van der Waals surface area contributed by atoms with Crippen molar-refractivity contribution in [3.63, 3.8) is 0 Å². The number of urea groups is 1. The predicted octanol–water partition coefficient (Wildman–Crippen LogP) is 1.88. The van der Waals surface area contributed by atoms with Crippen molar-refractivity contribution in [1.82, 2.24) is 24.8 Å². The molecule has 1 atom stereocenters. The van der Waals surface area contributed by atoms with Crippen molar-refractivity contribution in [3.05, 3.63) is 24.2 Å². The maximum absolute atomic E-state index is 12.1. The van der Waals surface area contributed by atoms with Crippen molar-refractivity contribution >= 4 is 17.2 Å². The first-order valence-electron chi connectivity index (χ1n) is 7.39. The third kappa shape index (κ3) is 2.57. The second kappa shape index (κ2) is 5.35. The second-order valence-electron chi connectivity index (χ2n) is 5.91. The van der Waals surface area contributed by atoms with Gasteiger partial charge >= 0.3 is 6.03 Å². The van der Waals surface area contributed by atoms with E-state index in [1.807, 2.05) is 42.5 Å². The number of fused-ring (bicyclic) bond motifs is 1. The maximum atomic E-state index is 12.1. The molecule has 1 N–H and O–H groups in total. The van der Waals surface area contributed by atoms with Crippen molar-refractivity contribution in [2.75, 3.05) is 13.1 Å². The highest BCUT2D eigenvalue weighted by molar-refractivity contribution is 5.75. The molecule has 0 radical (unpaired) electrons. The van der Waals surface area contributed by atoms with Crippen LogP contribution < -0.4 is 5.32 Å². The summed E-state index contributed by atoms with van der Waals surface area (Å²) in [6.07, 6.45) is 2.73. The molecule has 2 aromatic rings. The molecule has 0 aromatic carbocycles. The van der Waals surface area contributed by atoms with Crippen molar-refractivity contribution in [3.8, 4) is 0 Å². The van der Waals surface area contributed by atoms with E-state index >= 15 is 0 Å². The summed E-state index contributed by atoms with van der Waals surface area (Å²) in [5.74, 6) is 1.30. The van der Waals surface area contributed by atoms with Crippen LogP contribution >= 0.6 is 0 Å². The number of amides is 2. The van der Waals surface area contributed by atoms with Gasteiger partial charge in [-0.2, -0.15) is 0 Å². The van der Waals surface area contributed by atoms with Gasteiger partial charge in [-0.1, -0.05) is 0 Å². The minimum atomic E-state index is 0.0180. The number of rotatable bonds is 2. The van der Waals surface area contributed by atoms with Gasteiger partial charge in [-0.15, -0.1) is 0 Å². The number of carbonyl (C=O) groups is 1. The Bertz CT molecular complexity index is 663. The number of imidazole rings is 1. The summed E-state index contributed by atoms with van der Waals surface area (Å²) >= 11 is 0. The molecule has 6 heteroatoms. The van der Waals surface area contributed by atoms with Crippen LogP contribution in [-0.2, 0) is 7.05 Å². The van der Waals surface area contributed by atoms with E-state index in [0.717, 1.165) is 36.5 Å². The van der Waals surface area contributed by atoms with Crippen molar-refractivity contribution < 1.29 is 4.79 Å². The lowest BCUT2D eigenvalue weighted by molar-refractivity contribution is 0.205. The third-order valence-electron chi connectivity index (χ3n) is 3.92. The quantitative estimate of drug-likeness (QED) is 0.917. The Hall–Kier alpha value is -2.11. The number of nitrogens with zero attached hydrogens (tertiary/aromatic N) is 4. The first kappa shape index (κ1) is 13.9. The maximum Gasteiger partial charge on any atom is 0.317 e. The minimum absolute atomic E-state index is 0.0180. The standard InChI is InChI=1S/C15H21N5O/c1-10(2)17-15(21)20-8-6-11(9-20)13-18-12-5-4-7-16-14(12)19(13)3/h4-5,7,10-11H,6,8-9H2,1-3H3,(H,17,21). The van der Waals surface area contributed by atoms with Gasteiger partial charge < -0.3 is 14.8 Å². The van der Waals surface area contributed by atoms with Crippen LogP contribution in [0.2, 0.25) is 0 Å². The lowest BCUT2D eigenvalue weighted by Gasteiger charge is -2.19. The molecule has 1 aliphatic heterocycles. The van der Waals surface area contributed by atoms with Gasteiger partial charge in [-0.3, -0.25) is 0 Å². The van der Waals surface area contributed by atoms with E-state index in [1.165, 1.54) is 0 Å². The SMILES string of the molecule is CC(C)NC(=O)N1CCC(c2nc3cccnc3n2C)C1. The Morgan fingerprint density at radius 3 is 3.00 bits per heavy atom. The zero-order valence-electron chi connectivity index (χ0n) is 12.7. The fourth-order valence-corrected chi connectivity index (χ4v) is 2.90. The summed E-state index contributed by atoms with van der Waals surface area (Å²) in [5.41, 5.74) is 1.82. The average molecular weight is 287 g/mol. The molecular weight excluding hydrogens is 266 g/mol. The smallest absolute Gasteiger partial charge is 0.317 e. The molecule has 1 aliphatic rings. The summed E-state index contributed by atoms with van der Waals surface area (Å²) < 4.78 is 2.05. The largest absolute Gasteiger partial charge is 0.336 e. The molecule has 0 saturated carbocycles. The summed E-state index contributed by atoms with van der Waals surface area (Å²) in [6.45, 7) is 5.45. The Balaban J connectivity index is 1.79. The Kier molecular flexibility index (Phi) is 3.53. The molecule has 2 amide bonds. The van der Waals surface area contributed by atoms with E-state index in [2.05, 4.69) is 10.3 Å². The molecular formula is C15H21N5O. The fraction of sp³-hybridized carbons (Fsp3) is 0.533. The van der Waals surface area contributed by atoms with Crippen LogP contribution in [0.5, 0.6) is 0 Å². The van der Waals surface area contributed by atoms with Gasteiger partial charge in [0.2, 0.25) is 0 Å². The van der Waals surface area contributed by atoms with Gasteiger partial charge in [-0.05, 0) is 32.4 Å². The van der Waals surface area contributed by atoms with Gasteiger partial charge in [0, 0.05) is 38.3 Å². The number of aromatic nitrogens is 3. The Labute approximate surface area is 124 Å². The van der Waals surface area contributed by atoms with Gasteiger partial charge in [0.1, 0.15) is 11.3 Å². The highest BCUT2D eigenvalue weighted by atomic mass is 16.2. The molecule has 1 fully saturated rings. The van der Waals surface area contributed by atoms with Crippen LogP contribution in [0.15, 0.2) is 18.3 Å². The normalized spacial score (nSPS) is 18.7. The highest BCUT2D eigenvalue weighted by Crippen LogP contribution is 2.28. The molecule has 0 spiro atoms. The number of carbonyl (C=O) groups excluding carboxylic acids is 1. The second-order valence-corrected chi connectivity index (χ2v) is 5.91. The summed E-state index contributed by atoms with van der Waals surface area (Å²) in [7, 11) is 1.99. The lowest BCUT2D eigenvalue weighted by Crippen LogP contribution is -2.41.